The average molecular weight is 189 g/mol. The predicted molar refractivity (Wildman–Crippen MR) is 57.0 cm³/mol. The molecule has 2 rings (SSSR count). The Morgan fingerprint density at radius 1 is 1.08 bits per heavy atom. The molecule has 0 unspecified atom stereocenters. The number of rotatable bonds is 1. The molecular weight excluding hydrogens is 178 g/mol. The topological polar surface area (TPSA) is 12.9 Å². The molecule has 0 radical (unpaired) electrons. The molecule has 2 heteroatoms. The van der Waals surface area contributed by atoms with Crippen molar-refractivity contribution in [1.29, 1.82) is 0 Å². The zero-order valence-corrected chi connectivity index (χ0v) is 8.56. The first-order valence-electron chi connectivity index (χ1n) is 4.26. The summed E-state index contributed by atoms with van der Waals surface area (Å²) in [4.78, 5) is 1.29. The summed E-state index contributed by atoms with van der Waals surface area (Å²) in [7, 11) is 0. The summed E-state index contributed by atoms with van der Waals surface area (Å²) in [5.41, 5.74) is 3.88. The van der Waals surface area contributed by atoms with Crippen molar-refractivity contribution in [2.75, 3.05) is 0 Å². The van der Waals surface area contributed by atoms with Crippen molar-refractivity contribution in [3.05, 3.63) is 40.9 Å². The lowest BCUT2D eigenvalue weighted by molar-refractivity contribution is 1.44. The van der Waals surface area contributed by atoms with Crippen LogP contribution in [-0.2, 0) is 0 Å². The smallest absolute Gasteiger partial charge is 0.0488 e. The monoisotopic (exact) mass is 189 g/mol. The second-order valence-electron chi connectivity index (χ2n) is 3.11. The van der Waals surface area contributed by atoms with Crippen molar-refractivity contribution >= 4 is 11.5 Å². The molecule has 0 saturated carbocycles. The molecule has 0 aliphatic carbocycles. The van der Waals surface area contributed by atoms with Crippen LogP contribution in [0.1, 0.15) is 10.4 Å². The van der Waals surface area contributed by atoms with Gasteiger partial charge in [-0.15, -0.1) is 0 Å². The fourth-order valence-electron chi connectivity index (χ4n) is 1.43. The van der Waals surface area contributed by atoms with Crippen LogP contribution in [0.25, 0.3) is 11.1 Å². The lowest BCUT2D eigenvalue weighted by Gasteiger charge is -2.02. The molecule has 0 N–H and O–H groups in total. The fourth-order valence-corrected chi connectivity index (χ4v) is 2.01. The van der Waals surface area contributed by atoms with E-state index >= 15 is 0 Å². The highest BCUT2D eigenvalue weighted by molar-refractivity contribution is 7.06. The van der Waals surface area contributed by atoms with Crippen molar-refractivity contribution in [2.45, 2.75) is 13.8 Å². The van der Waals surface area contributed by atoms with E-state index in [1.165, 1.54) is 21.6 Å². The van der Waals surface area contributed by atoms with Gasteiger partial charge in [-0.25, -0.2) is 4.37 Å². The quantitative estimate of drug-likeness (QED) is 0.669. The summed E-state index contributed by atoms with van der Waals surface area (Å²) in [6.07, 6.45) is 1.95. The Kier molecular flexibility index (Phi) is 2.15. The second-order valence-corrected chi connectivity index (χ2v) is 4.12. The van der Waals surface area contributed by atoms with E-state index in [2.05, 4.69) is 42.5 Å². The van der Waals surface area contributed by atoms with Gasteiger partial charge < -0.3 is 0 Å². The van der Waals surface area contributed by atoms with Gasteiger partial charge >= 0.3 is 0 Å². The summed E-state index contributed by atoms with van der Waals surface area (Å²) in [5, 5.41) is 0. The number of benzene rings is 1. The van der Waals surface area contributed by atoms with Gasteiger partial charge in [0.2, 0.25) is 0 Å². The minimum absolute atomic E-state index is 1.27. The van der Waals surface area contributed by atoms with Crippen molar-refractivity contribution < 1.29 is 0 Å². The highest BCUT2D eigenvalue weighted by atomic mass is 32.1. The molecule has 1 aromatic carbocycles. The minimum Gasteiger partial charge on any atom is -0.200 e. The molecule has 2 aromatic rings. The van der Waals surface area contributed by atoms with E-state index in [1.54, 1.807) is 11.5 Å². The number of nitrogens with zero attached hydrogens (tertiary/aromatic N) is 1. The largest absolute Gasteiger partial charge is 0.200 e. The summed E-state index contributed by atoms with van der Waals surface area (Å²) in [5.74, 6) is 0. The lowest BCUT2D eigenvalue weighted by atomic mass is 10.0. The molecule has 0 aliphatic rings. The molecule has 1 aromatic heterocycles. The molecule has 0 bridgehead atoms. The Labute approximate surface area is 82.2 Å². The number of aromatic nitrogens is 1. The molecule has 1 nitrogen and oxygen atoms in total. The van der Waals surface area contributed by atoms with E-state index < -0.39 is 0 Å². The van der Waals surface area contributed by atoms with E-state index in [9.17, 15) is 0 Å². The standard InChI is InChI=1S/C11H11NS/c1-8-5-3-4-6-10(8)11-7-12-13-9(11)2/h3-7H,1-2H3. The molecule has 66 valence electrons. The van der Waals surface area contributed by atoms with Crippen molar-refractivity contribution in [1.82, 2.24) is 4.37 Å². The maximum absolute atomic E-state index is 4.18. The van der Waals surface area contributed by atoms with E-state index in [4.69, 9.17) is 0 Å². The van der Waals surface area contributed by atoms with Crippen LogP contribution in [-0.4, -0.2) is 4.37 Å². The second kappa shape index (κ2) is 3.30. The van der Waals surface area contributed by atoms with Crippen molar-refractivity contribution in [2.24, 2.45) is 0 Å². The van der Waals surface area contributed by atoms with Crippen LogP contribution < -0.4 is 0 Å². The molecule has 13 heavy (non-hydrogen) atoms. The van der Waals surface area contributed by atoms with Gasteiger partial charge in [-0.3, -0.25) is 0 Å². The van der Waals surface area contributed by atoms with Crippen LogP contribution in [0.4, 0.5) is 0 Å². The SMILES string of the molecule is Cc1ccccc1-c1cnsc1C. The third kappa shape index (κ3) is 1.49. The van der Waals surface area contributed by atoms with Crippen LogP contribution in [0.15, 0.2) is 30.5 Å². The lowest BCUT2D eigenvalue weighted by Crippen LogP contribution is -1.81. The predicted octanol–water partition coefficient (Wildman–Crippen LogP) is 3.43. The van der Waals surface area contributed by atoms with E-state index in [0.717, 1.165) is 0 Å². The zero-order chi connectivity index (χ0) is 9.26. The minimum atomic E-state index is 1.27. The highest BCUT2D eigenvalue weighted by Gasteiger charge is 2.05. The maximum Gasteiger partial charge on any atom is 0.0488 e. The van der Waals surface area contributed by atoms with Gasteiger partial charge in [0.25, 0.3) is 0 Å². The van der Waals surface area contributed by atoms with Crippen LogP contribution in [0.5, 0.6) is 0 Å². The fraction of sp³-hybridized carbons (Fsp3) is 0.182. The Bertz CT molecular complexity index is 418. The van der Waals surface area contributed by atoms with Gasteiger partial charge in [-0.1, -0.05) is 24.3 Å². The van der Waals surface area contributed by atoms with Gasteiger partial charge in [0.05, 0.1) is 0 Å². The Morgan fingerprint density at radius 2 is 1.85 bits per heavy atom. The normalized spacial score (nSPS) is 10.3. The summed E-state index contributed by atoms with van der Waals surface area (Å²) >= 11 is 1.56. The molecule has 0 saturated heterocycles. The number of hydrogen-bond donors (Lipinski definition) is 0. The van der Waals surface area contributed by atoms with Crippen LogP contribution in [0, 0.1) is 13.8 Å². The van der Waals surface area contributed by atoms with Gasteiger partial charge in [-0.2, -0.15) is 0 Å². The highest BCUT2D eigenvalue weighted by Crippen LogP contribution is 2.27. The summed E-state index contributed by atoms with van der Waals surface area (Å²) in [6.45, 7) is 4.24. The number of aryl methyl sites for hydroxylation is 2. The molecular formula is C11H11NS. The molecule has 0 atom stereocenters. The van der Waals surface area contributed by atoms with E-state index in [1.807, 2.05) is 6.20 Å². The first kappa shape index (κ1) is 8.45. The first-order chi connectivity index (χ1) is 6.29. The van der Waals surface area contributed by atoms with Gasteiger partial charge in [0.15, 0.2) is 0 Å². The zero-order valence-electron chi connectivity index (χ0n) is 7.74. The molecule has 0 fully saturated rings. The van der Waals surface area contributed by atoms with E-state index in [-0.39, 0.29) is 0 Å². The summed E-state index contributed by atoms with van der Waals surface area (Å²) < 4.78 is 4.18. The van der Waals surface area contributed by atoms with Crippen LogP contribution >= 0.6 is 11.5 Å². The Morgan fingerprint density at radius 3 is 2.46 bits per heavy atom. The third-order valence-corrected chi connectivity index (χ3v) is 2.89. The Balaban J connectivity index is 2.59. The maximum atomic E-state index is 4.18. The van der Waals surface area contributed by atoms with Gasteiger partial charge in [0.1, 0.15) is 0 Å². The van der Waals surface area contributed by atoms with Crippen molar-refractivity contribution in [3.8, 4) is 11.1 Å². The third-order valence-electron chi connectivity index (χ3n) is 2.19. The Hall–Kier alpha value is -1.15. The van der Waals surface area contributed by atoms with Crippen molar-refractivity contribution in [3.63, 3.8) is 0 Å². The van der Waals surface area contributed by atoms with Crippen LogP contribution in [0.2, 0.25) is 0 Å². The first-order valence-corrected chi connectivity index (χ1v) is 5.03. The van der Waals surface area contributed by atoms with Crippen LogP contribution in [0.3, 0.4) is 0 Å². The number of hydrogen-bond acceptors (Lipinski definition) is 2. The van der Waals surface area contributed by atoms with Gasteiger partial charge in [0, 0.05) is 16.6 Å². The molecule has 0 amide bonds. The summed E-state index contributed by atoms with van der Waals surface area (Å²) in [6, 6.07) is 8.41. The average Bonchev–Trinajstić information content (AvgIpc) is 2.52. The van der Waals surface area contributed by atoms with Gasteiger partial charge in [-0.05, 0) is 36.5 Å². The molecule has 1 heterocycles. The van der Waals surface area contributed by atoms with E-state index in [0.29, 0.717) is 0 Å². The molecule has 0 spiro atoms. The molecule has 0 aliphatic heterocycles.